The lowest BCUT2D eigenvalue weighted by atomic mass is 9.73. The van der Waals surface area contributed by atoms with Gasteiger partial charge in [0.2, 0.25) is 0 Å². The molecule has 0 saturated carbocycles. The Morgan fingerprint density at radius 2 is 1.68 bits per heavy atom. The number of alkyl halides is 3. The summed E-state index contributed by atoms with van der Waals surface area (Å²) in [4.78, 5) is 4.30. The van der Waals surface area contributed by atoms with Crippen LogP contribution in [0.4, 0.5) is 17.6 Å². The fourth-order valence-corrected chi connectivity index (χ4v) is 3.85. The van der Waals surface area contributed by atoms with Gasteiger partial charge in [-0.2, -0.15) is 13.2 Å². The smallest absolute Gasteiger partial charge is 0.327 e. The second kappa shape index (κ2) is 7.87. The largest absolute Gasteiger partial charge is 0.389 e. The minimum absolute atomic E-state index is 0.120. The van der Waals surface area contributed by atoms with Gasteiger partial charge in [0.05, 0.1) is 11.9 Å². The van der Waals surface area contributed by atoms with E-state index in [1.165, 1.54) is 31.2 Å². The van der Waals surface area contributed by atoms with E-state index in [0.29, 0.717) is 12.0 Å². The number of para-hydroxylation sites is 1. The van der Waals surface area contributed by atoms with Crippen molar-refractivity contribution in [1.82, 2.24) is 4.98 Å². The molecule has 28 heavy (non-hydrogen) atoms. The van der Waals surface area contributed by atoms with E-state index in [4.69, 9.17) is 5.73 Å². The zero-order chi connectivity index (χ0) is 20.4. The van der Waals surface area contributed by atoms with Crippen LogP contribution in [-0.2, 0) is 11.8 Å². The Labute approximate surface area is 161 Å². The van der Waals surface area contributed by atoms with Crippen molar-refractivity contribution in [2.24, 2.45) is 5.73 Å². The molecule has 2 aromatic carbocycles. The lowest BCUT2D eigenvalue weighted by Gasteiger charge is -2.34. The highest BCUT2D eigenvalue weighted by Crippen LogP contribution is 2.40. The van der Waals surface area contributed by atoms with Crippen LogP contribution < -0.4 is 5.73 Å². The van der Waals surface area contributed by atoms with Crippen LogP contribution in [0.15, 0.2) is 60.8 Å². The zero-order valence-electron chi connectivity index (χ0n) is 15.5. The normalized spacial score (nSPS) is 15.4. The fourth-order valence-electron chi connectivity index (χ4n) is 3.85. The number of pyridine rings is 1. The minimum atomic E-state index is -4.35. The second-order valence-electron chi connectivity index (χ2n) is 7.52. The highest BCUT2D eigenvalue weighted by atomic mass is 19.4. The Kier molecular flexibility index (Phi) is 5.70. The highest BCUT2D eigenvalue weighted by Gasteiger charge is 2.41. The molecule has 0 spiro atoms. The summed E-state index contributed by atoms with van der Waals surface area (Å²) >= 11 is 0. The summed E-state index contributed by atoms with van der Waals surface area (Å²) in [7, 11) is 0. The Morgan fingerprint density at radius 1 is 1.00 bits per heavy atom. The maximum atomic E-state index is 13.3. The van der Waals surface area contributed by atoms with Crippen LogP contribution >= 0.6 is 0 Å². The SMILES string of the molecule is CC(CC(N)Cc1ccnc2ccccc12)(CC(F)(F)F)c1ccc(F)cc1. The van der Waals surface area contributed by atoms with Crippen molar-refractivity contribution in [3.05, 3.63) is 77.7 Å². The van der Waals surface area contributed by atoms with Gasteiger partial charge in [-0.1, -0.05) is 37.3 Å². The molecular formula is C22H22F4N2. The number of nitrogens with zero attached hydrogens (tertiary/aromatic N) is 1. The minimum Gasteiger partial charge on any atom is -0.327 e. The molecule has 1 aromatic heterocycles. The van der Waals surface area contributed by atoms with E-state index in [1.807, 2.05) is 30.3 Å². The maximum Gasteiger partial charge on any atom is 0.389 e. The van der Waals surface area contributed by atoms with Gasteiger partial charge in [0.25, 0.3) is 0 Å². The maximum absolute atomic E-state index is 13.3. The lowest BCUT2D eigenvalue weighted by molar-refractivity contribution is -0.148. The Balaban J connectivity index is 1.86. The van der Waals surface area contributed by atoms with E-state index in [0.717, 1.165) is 16.5 Å². The van der Waals surface area contributed by atoms with Gasteiger partial charge in [0.1, 0.15) is 5.82 Å². The third-order valence-electron chi connectivity index (χ3n) is 5.07. The Hall–Kier alpha value is -2.47. The van der Waals surface area contributed by atoms with Crippen molar-refractivity contribution in [3.8, 4) is 0 Å². The zero-order valence-corrected chi connectivity index (χ0v) is 15.5. The van der Waals surface area contributed by atoms with Crippen molar-refractivity contribution in [2.45, 2.75) is 43.8 Å². The van der Waals surface area contributed by atoms with E-state index in [9.17, 15) is 17.6 Å². The number of nitrogens with two attached hydrogens (primary N) is 1. The third-order valence-corrected chi connectivity index (χ3v) is 5.07. The molecule has 0 bridgehead atoms. The standard InChI is InChI=1S/C22H22F4N2/c1-21(14-22(24,25)26,16-6-8-17(23)9-7-16)13-18(27)12-15-10-11-28-20-5-3-2-4-19(15)20/h2-11,18H,12-14,27H2,1H3. The first-order valence-electron chi connectivity index (χ1n) is 9.07. The van der Waals surface area contributed by atoms with Crippen molar-refractivity contribution in [3.63, 3.8) is 0 Å². The average molecular weight is 390 g/mol. The molecule has 2 unspecified atom stereocenters. The van der Waals surface area contributed by atoms with Crippen LogP contribution in [0.1, 0.15) is 30.9 Å². The number of halogens is 4. The van der Waals surface area contributed by atoms with Gasteiger partial charge in [0, 0.05) is 23.0 Å². The van der Waals surface area contributed by atoms with Crippen molar-refractivity contribution in [1.29, 1.82) is 0 Å². The number of hydrogen-bond acceptors (Lipinski definition) is 2. The van der Waals surface area contributed by atoms with E-state index in [1.54, 1.807) is 6.20 Å². The van der Waals surface area contributed by atoms with Gasteiger partial charge in [-0.15, -0.1) is 0 Å². The average Bonchev–Trinajstić information content (AvgIpc) is 2.60. The predicted octanol–water partition coefficient (Wildman–Crippen LogP) is 5.54. The first-order chi connectivity index (χ1) is 13.2. The van der Waals surface area contributed by atoms with Crippen LogP contribution in [0.5, 0.6) is 0 Å². The Bertz CT molecular complexity index is 932. The molecule has 0 fully saturated rings. The fraction of sp³-hybridized carbons (Fsp3) is 0.318. The lowest BCUT2D eigenvalue weighted by Crippen LogP contribution is -2.37. The quantitative estimate of drug-likeness (QED) is 0.561. The topological polar surface area (TPSA) is 38.9 Å². The number of rotatable bonds is 6. The molecule has 148 valence electrons. The van der Waals surface area contributed by atoms with Crippen molar-refractivity contribution >= 4 is 10.9 Å². The number of fused-ring (bicyclic) bond motifs is 1. The van der Waals surface area contributed by atoms with Gasteiger partial charge < -0.3 is 5.73 Å². The highest BCUT2D eigenvalue weighted by molar-refractivity contribution is 5.81. The first kappa shape index (κ1) is 20.3. The van der Waals surface area contributed by atoms with Gasteiger partial charge in [-0.25, -0.2) is 4.39 Å². The van der Waals surface area contributed by atoms with Gasteiger partial charge in [0.15, 0.2) is 0 Å². The molecule has 2 atom stereocenters. The number of hydrogen-bond donors (Lipinski definition) is 1. The first-order valence-corrected chi connectivity index (χ1v) is 9.07. The molecule has 0 aliphatic carbocycles. The summed E-state index contributed by atoms with van der Waals surface area (Å²) < 4.78 is 53.1. The van der Waals surface area contributed by atoms with Gasteiger partial charge in [-0.3, -0.25) is 4.98 Å². The second-order valence-corrected chi connectivity index (χ2v) is 7.52. The molecule has 2 N–H and O–H groups in total. The van der Waals surface area contributed by atoms with E-state index >= 15 is 0 Å². The molecule has 0 saturated heterocycles. The molecule has 1 heterocycles. The van der Waals surface area contributed by atoms with Crippen LogP contribution in [0.25, 0.3) is 10.9 Å². The summed E-state index contributed by atoms with van der Waals surface area (Å²) in [6.07, 6.45) is -3.14. The predicted molar refractivity (Wildman–Crippen MR) is 102 cm³/mol. The van der Waals surface area contributed by atoms with E-state index < -0.39 is 29.9 Å². The van der Waals surface area contributed by atoms with Gasteiger partial charge >= 0.3 is 6.18 Å². The van der Waals surface area contributed by atoms with Crippen LogP contribution in [-0.4, -0.2) is 17.2 Å². The summed E-state index contributed by atoms with van der Waals surface area (Å²) in [5.74, 6) is -0.481. The summed E-state index contributed by atoms with van der Waals surface area (Å²) in [6.45, 7) is 1.54. The summed E-state index contributed by atoms with van der Waals surface area (Å²) in [5.41, 5.74) is 7.27. The van der Waals surface area contributed by atoms with E-state index in [2.05, 4.69) is 4.98 Å². The molecular weight excluding hydrogens is 368 g/mol. The molecule has 0 aliphatic heterocycles. The number of benzene rings is 2. The molecule has 0 amide bonds. The van der Waals surface area contributed by atoms with Crippen molar-refractivity contribution < 1.29 is 17.6 Å². The van der Waals surface area contributed by atoms with Gasteiger partial charge in [-0.05, 0) is 48.2 Å². The molecule has 0 aliphatic rings. The Morgan fingerprint density at radius 3 is 2.36 bits per heavy atom. The van der Waals surface area contributed by atoms with Crippen LogP contribution in [0.3, 0.4) is 0 Å². The molecule has 0 radical (unpaired) electrons. The summed E-state index contributed by atoms with van der Waals surface area (Å²) in [6, 6.07) is 14.1. The monoisotopic (exact) mass is 390 g/mol. The van der Waals surface area contributed by atoms with Crippen molar-refractivity contribution in [2.75, 3.05) is 0 Å². The molecule has 6 heteroatoms. The number of aromatic nitrogens is 1. The van der Waals surface area contributed by atoms with Crippen LogP contribution in [0, 0.1) is 5.82 Å². The van der Waals surface area contributed by atoms with E-state index in [-0.39, 0.29) is 6.42 Å². The molecule has 2 nitrogen and oxygen atoms in total. The third kappa shape index (κ3) is 4.87. The molecule has 3 rings (SSSR count). The van der Waals surface area contributed by atoms with Crippen LogP contribution in [0.2, 0.25) is 0 Å². The summed E-state index contributed by atoms with van der Waals surface area (Å²) in [5, 5.41) is 0.944. The molecule has 3 aromatic rings.